The minimum atomic E-state index is 0.593. The molecule has 5 heteroatoms. The van der Waals surface area contributed by atoms with Crippen LogP contribution >= 0.6 is 0 Å². The van der Waals surface area contributed by atoms with Crippen molar-refractivity contribution in [2.24, 2.45) is 4.99 Å². The fourth-order valence-corrected chi connectivity index (χ4v) is 1.81. The van der Waals surface area contributed by atoms with Gasteiger partial charge in [-0.15, -0.1) is 0 Å². The Labute approximate surface area is 118 Å². The number of amidine groups is 1. The molecule has 0 unspecified atom stereocenters. The van der Waals surface area contributed by atoms with Crippen LogP contribution in [0.15, 0.2) is 4.99 Å². The average molecular weight is 269 g/mol. The average Bonchev–Trinajstić information content (AvgIpc) is 2.42. The van der Waals surface area contributed by atoms with E-state index in [1.165, 1.54) is 38.4 Å². The molecule has 2 aliphatic heterocycles. The van der Waals surface area contributed by atoms with Crippen molar-refractivity contribution in [3.8, 4) is 0 Å². The Bertz CT molecular complexity index is 286. The van der Waals surface area contributed by atoms with Gasteiger partial charge in [-0.1, -0.05) is 13.8 Å². The third-order valence-electron chi connectivity index (χ3n) is 3.06. The van der Waals surface area contributed by atoms with E-state index in [0.717, 1.165) is 6.54 Å². The van der Waals surface area contributed by atoms with Gasteiger partial charge in [0.25, 0.3) is 0 Å². The zero-order valence-electron chi connectivity index (χ0n) is 13.5. The Kier molecular flexibility index (Phi) is 9.00. The summed E-state index contributed by atoms with van der Waals surface area (Å²) < 4.78 is 0. The van der Waals surface area contributed by atoms with E-state index < -0.39 is 0 Å². The van der Waals surface area contributed by atoms with Crippen molar-refractivity contribution in [1.29, 1.82) is 5.41 Å². The van der Waals surface area contributed by atoms with E-state index in [-0.39, 0.29) is 0 Å². The van der Waals surface area contributed by atoms with Crippen LogP contribution in [0.25, 0.3) is 0 Å². The van der Waals surface area contributed by atoms with Crippen LogP contribution < -0.4 is 0 Å². The third kappa shape index (κ3) is 6.45. The molecule has 0 atom stereocenters. The van der Waals surface area contributed by atoms with Crippen molar-refractivity contribution >= 4 is 11.8 Å². The summed E-state index contributed by atoms with van der Waals surface area (Å²) in [5.41, 5.74) is 0. The first kappa shape index (κ1) is 17.7. The highest BCUT2D eigenvalue weighted by Crippen LogP contribution is 2.11. The molecule has 0 radical (unpaired) electrons. The van der Waals surface area contributed by atoms with Crippen molar-refractivity contribution in [2.45, 2.75) is 33.6 Å². The fraction of sp³-hybridized carbons (Fsp3) is 0.857. The number of hydrogen-bond acceptors (Lipinski definition) is 4. The molecule has 5 nitrogen and oxygen atoms in total. The summed E-state index contributed by atoms with van der Waals surface area (Å²) in [7, 11) is 5.83. The van der Waals surface area contributed by atoms with Gasteiger partial charge in [0.15, 0.2) is 5.96 Å². The molecule has 0 aromatic carbocycles. The Morgan fingerprint density at radius 1 is 1.16 bits per heavy atom. The molecule has 0 aliphatic carbocycles. The highest BCUT2D eigenvalue weighted by Gasteiger charge is 2.22. The third-order valence-corrected chi connectivity index (χ3v) is 3.06. The lowest BCUT2D eigenvalue weighted by Gasteiger charge is -2.39. The van der Waals surface area contributed by atoms with Crippen LogP contribution in [-0.2, 0) is 0 Å². The number of guanidine groups is 1. The van der Waals surface area contributed by atoms with Crippen LogP contribution in [0.1, 0.15) is 33.6 Å². The van der Waals surface area contributed by atoms with Crippen LogP contribution in [0.3, 0.4) is 0 Å². The second kappa shape index (κ2) is 9.64. The molecular weight excluding hydrogens is 238 g/mol. The number of fused-ring (bicyclic) bond motifs is 1. The summed E-state index contributed by atoms with van der Waals surface area (Å²) in [5.74, 6) is 1.82. The molecule has 1 N–H and O–H groups in total. The lowest BCUT2D eigenvalue weighted by molar-refractivity contribution is 0.269. The normalized spacial score (nSPS) is 17.1. The number of nitrogens with zero attached hydrogens (tertiary/aromatic N) is 4. The predicted octanol–water partition coefficient (Wildman–Crippen LogP) is 1.95. The first-order chi connectivity index (χ1) is 9.02. The maximum atomic E-state index is 6.88. The van der Waals surface area contributed by atoms with E-state index in [1.54, 1.807) is 11.8 Å². The van der Waals surface area contributed by atoms with Gasteiger partial charge in [0.1, 0.15) is 0 Å². The molecule has 0 aromatic rings. The first-order valence-corrected chi connectivity index (χ1v) is 7.25. The number of aliphatic imine (C=N–C) groups is 1. The van der Waals surface area contributed by atoms with Gasteiger partial charge in [-0.05, 0) is 19.8 Å². The van der Waals surface area contributed by atoms with Crippen LogP contribution in [0.5, 0.6) is 0 Å². The van der Waals surface area contributed by atoms with Crippen molar-refractivity contribution in [3.05, 3.63) is 0 Å². The fourth-order valence-electron chi connectivity index (χ4n) is 1.81. The van der Waals surface area contributed by atoms with Gasteiger partial charge in [0, 0.05) is 47.3 Å². The Balaban J connectivity index is 0.000000350. The largest absolute Gasteiger partial charge is 0.367 e. The van der Waals surface area contributed by atoms with Crippen molar-refractivity contribution < 1.29 is 0 Å². The molecule has 112 valence electrons. The van der Waals surface area contributed by atoms with Gasteiger partial charge in [-0.3, -0.25) is 10.4 Å². The summed E-state index contributed by atoms with van der Waals surface area (Å²) in [6.07, 6.45) is 2.52. The van der Waals surface area contributed by atoms with Crippen molar-refractivity contribution in [3.63, 3.8) is 0 Å². The zero-order chi connectivity index (χ0) is 14.8. The van der Waals surface area contributed by atoms with Gasteiger partial charge in [0.05, 0.1) is 5.84 Å². The summed E-state index contributed by atoms with van der Waals surface area (Å²) in [6.45, 7) is 10.4. The molecule has 0 saturated carbocycles. The van der Waals surface area contributed by atoms with E-state index in [4.69, 9.17) is 5.41 Å². The molecule has 19 heavy (non-hydrogen) atoms. The van der Waals surface area contributed by atoms with Crippen LogP contribution in [0.4, 0.5) is 0 Å². The smallest absolute Gasteiger partial charge is 0.196 e. The lowest BCUT2D eigenvalue weighted by Crippen LogP contribution is -2.50. The molecule has 2 aliphatic rings. The lowest BCUT2D eigenvalue weighted by atomic mass is 10.2. The Morgan fingerprint density at radius 3 is 2.16 bits per heavy atom. The quantitative estimate of drug-likeness (QED) is 0.540. The Morgan fingerprint density at radius 2 is 1.68 bits per heavy atom. The second-order valence-electron chi connectivity index (χ2n) is 4.78. The van der Waals surface area contributed by atoms with Crippen LogP contribution in [0.2, 0.25) is 0 Å². The number of rotatable bonds is 0. The van der Waals surface area contributed by atoms with Crippen molar-refractivity contribution in [2.75, 3.05) is 47.3 Å². The maximum absolute atomic E-state index is 6.88. The Hall–Kier alpha value is -1.26. The SMILES string of the molecule is CC.CC(=N)N(C)C.CN1CCCN2CCCN=C12. The molecule has 0 bridgehead atoms. The number of hydrogen-bond donors (Lipinski definition) is 1. The minimum absolute atomic E-state index is 0.593. The zero-order valence-corrected chi connectivity index (χ0v) is 13.5. The summed E-state index contributed by atoms with van der Waals surface area (Å²) in [4.78, 5) is 10.9. The molecule has 0 amide bonds. The highest BCUT2D eigenvalue weighted by atomic mass is 15.4. The topological polar surface area (TPSA) is 45.9 Å². The summed E-state index contributed by atoms with van der Waals surface area (Å²) in [5, 5.41) is 6.88. The molecular formula is C14H31N5. The van der Waals surface area contributed by atoms with Crippen molar-refractivity contribution in [1.82, 2.24) is 14.7 Å². The summed E-state index contributed by atoms with van der Waals surface area (Å²) >= 11 is 0. The monoisotopic (exact) mass is 269 g/mol. The van der Waals surface area contributed by atoms with Gasteiger partial charge < -0.3 is 14.7 Å². The molecule has 2 heterocycles. The van der Waals surface area contributed by atoms with E-state index in [9.17, 15) is 0 Å². The van der Waals surface area contributed by atoms with E-state index in [2.05, 4.69) is 21.8 Å². The molecule has 2 rings (SSSR count). The maximum Gasteiger partial charge on any atom is 0.196 e. The second-order valence-corrected chi connectivity index (χ2v) is 4.78. The molecule has 0 aromatic heterocycles. The van der Waals surface area contributed by atoms with Crippen LogP contribution in [0, 0.1) is 5.41 Å². The van der Waals surface area contributed by atoms with Gasteiger partial charge in [0.2, 0.25) is 0 Å². The predicted molar refractivity (Wildman–Crippen MR) is 84.2 cm³/mol. The van der Waals surface area contributed by atoms with E-state index >= 15 is 0 Å². The molecule has 0 spiro atoms. The summed E-state index contributed by atoms with van der Waals surface area (Å²) in [6, 6.07) is 0. The van der Waals surface area contributed by atoms with E-state index in [0.29, 0.717) is 5.84 Å². The van der Waals surface area contributed by atoms with Crippen LogP contribution in [-0.4, -0.2) is 73.8 Å². The van der Waals surface area contributed by atoms with Gasteiger partial charge in [-0.2, -0.15) is 0 Å². The molecule has 1 fully saturated rings. The molecule has 1 saturated heterocycles. The van der Waals surface area contributed by atoms with Gasteiger partial charge in [-0.25, -0.2) is 0 Å². The first-order valence-electron chi connectivity index (χ1n) is 7.25. The van der Waals surface area contributed by atoms with E-state index in [1.807, 2.05) is 27.9 Å². The standard InChI is InChI=1S/C8H15N3.C4H10N2.C2H6/c1-10-5-3-7-11-6-2-4-9-8(10)11;1-4(5)6(2)3;1-2/h2-7H2,1H3;5H,1-3H3;1-2H3. The number of nitrogens with one attached hydrogen (secondary N) is 1. The minimum Gasteiger partial charge on any atom is -0.367 e. The van der Waals surface area contributed by atoms with Gasteiger partial charge >= 0.3 is 0 Å². The highest BCUT2D eigenvalue weighted by molar-refractivity contribution is 5.81.